The lowest BCUT2D eigenvalue weighted by atomic mass is 10.1. The number of aromatic nitrogens is 1. The molecule has 0 amide bonds. The summed E-state index contributed by atoms with van der Waals surface area (Å²) in [5.74, 6) is 3.35. The molecule has 0 saturated carbocycles. The van der Waals surface area contributed by atoms with Gasteiger partial charge in [-0.25, -0.2) is 0 Å². The zero-order valence-corrected chi connectivity index (χ0v) is 17.7. The Bertz CT molecular complexity index is 682. The number of fused-ring (bicyclic) bond motifs is 1. The molecule has 2 heterocycles. The van der Waals surface area contributed by atoms with E-state index >= 15 is 0 Å². The Balaban J connectivity index is 0.00000208. The van der Waals surface area contributed by atoms with Crippen LogP contribution in [0, 0.1) is 0 Å². The summed E-state index contributed by atoms with van der Waals surface area (Å²) in [5, 5.41) is 8.91. The molecule has 1 aromatic heterocycles. The highest BCUT2D eigenvalue weighted by atomic mass is 127. The van der Waals surface area contributed by atoms with Crippen LogP contribution in [0.2, 0.25) is 5.02 Å². The number of H-pyrrole nitrogens is 1. The van der Waals surface area contributed by atoms with Crippen LogP contribution in [0.15, 0.2) is 29.4 Å². The van der Waals surface area contributed by atoms with Crippen molar-refractivity contribution in [3.8, 4) is 0 Å². The minimum absolute atomic E-state index is 0. The van der Waals surface area contributed by atoms with E-state index in [1.165, 1.54) is 35.3 Å². The highest BCUT2D eigenvalue weighted by molar-refractivity contribution is 14.0. The van der Waals surface area contributed by atoms with Gasteiger partial charge in [-0.1, -0.05) is 11.6 Å². The summed E-state index contributed by atoms with van der Waals surface area (Å²) in [6, 6.07) is 6.49. The number of guanidine groups is 1. The Morgan fingerprint density at radius 3 is 3.08 bits per heavy atom. The van der Waals surface area contributed by atoms with Crippen molar-refractivity contribution < 1.29 is 0 Å². The average Bonchev–Trinajstić information content (AvgIpc) is 2.97. The number of hydrogen-bond acceptors (Lipinski definition) is 2. The van der Waals surface area contributed by atoms with Crippen LogP contribution >= 0.6 is 47.3 Å². The van der Waals surface area contributed by atoms with E-state index in [0.29, 0.717) is 6.04 Å². The lowest BCUT2D eigenvalue weighted by molar-refractivity contribution is 0.582. The zero-order valence-electron chi connectivity index (χ0n) is 13.8. The fraction of sp³-hybridized carbons (Fsp3) is 0.471. The first-order valence-corrected chi connectivity index (χ1v) is 9.60. The molecule has 1 saturated heterocycles. The maximum absolute atomic E-state index is 6.10. The Morgan fingerprint density at radius 1 is 1.46 bits per heavy atom. The fourth-order valence-electron chi connectivity index (χ4n) is 2.92. The largest absolute Gasteiger partial charge is 0.361 e. The van der Waals surface area contributed by atoms with E-state index in [1.54, 1.807) is 0 Å². The SMILES string of the molecule is CN=C(NCCc1c[nH]c2ccc(Cl)cc12)NC1CCCSC1.I. The van der Waals surface area contributed by atoms with Crippen LogP contribution in [-0.4, -0.2) is 42.1 Å². The van der Waals surface area contributed by atoms with Crippen molar-refractivity contribution in [1.29, 1.82) is 0 Å². The number of thioether (sulfide) groups is 1. The van der Waals surface area contributed by atoms with Crippen molar-refractivity contribution in [2.45, 2.75) is 25.3 Å². The predicted octanol–water partition coefficient (Wildman–Crippen LogP) is 4.04. The fourth-order valence-corrected chi connectivity index (χ4v) is 4.16. The molecule has 1 fully saturated rings. The van der Waals surface area contributed by atoms with Gasteiger partial charge < -0.3 is 15.6 Å². The molecule has 0 bridgehead atoms. The van der Waals surface area contributed by atoms with Crippen LogP contribution in [0.25, 0.3) is 10.9 Å². The van der Waals surface area contributed by atoms with Crippen molar-refractivity contribution >= 4 is 64.2 Å². The van der Waals surface area contributed by atoms with Crippen molar-refractivity contribution in [3.63, 3.8) is 0 Å². The van der Waals surface area contributed by atoms with Gasteiger partial charge in [0.05, 0.1) is 0 Å². The standard InChI is InChI=1S/C17H23ClN4S.HI/c1-19-17(22-14-3-2-8-23-11-14)20-7-6-12-10-21-16-5-4-13(18)9-15(12)16;/h4-5,9-10,14,21H,2-3,6-8,11H2,1H3,(H2,19,20,22);1H. The van der Waals surface area contributed by atoms with Gasteiger partial charge in [0.2, 0.25) is 0 Å². The Kier molecular flexibility index (Phi) is 8.03. The van der Waals surface area contributed by atoms with Crippen LogP contribution in [0.4, 0.5) is 0 Å². The Labute approximate surface area is 169 Å². The number of halogens is 2. The molecular formula is C17H24ClIN4S. The molecule has 1 atom stereocenters. The minimum atomic E-state index is 0. The second kappa shape index (κ2) is 9.77. The molecule has 0 aliphatic carbocycles. The van der Waals surface area contributed by atoms with E-state index < -0.39 is 0 Å². The third-order valence-corrected chi connectivity index (χ3v) is 5.59. The normalized spacial score (nSPS) is 18.2. The third-order valence-electron chi connectivity index (χ3n) is 4.14. The summed E-state index contributed by atoms with van der Waals surface area (Å²) in [7, 11) is 1.83. The number of aromatic amines is 1. The Morgan fingerprint density at radius 2 is 2.33 bits per heavy atom. The topological polar surface area (TPSA) is 52.2 Å². The van der Waals surface area contributed by atoms with E-state index in [2.05, 4.69) is 26.8 Å². The highest BCUT2D eigenvalue weighted by Crippen LogP contribution is 2.22. The number of nitrogens with one attached hydrogen (secondary N) is 3. The average molecular weight is 479 g/mol. The molecule has 0 spiro atoms. The maximum Gasteiger partial charge on any atom is 0.191 e. The van der Waals surface area contributed by atoms with E-state index in [4.69, 9.17) is 11.6 Å². The smallest absolute Gasteiger partial charge is 0.191 e. The van der Waals surface area contributed by atoms with Crippen LogP contribution in [0.3, 0.4) is 0 Å². The molecule has 1 unspecified atom stereocenters. The number of hydrogen-bond donors (Lipinski definition) is 3. The van der Waals surface area contributed by atoms with Gasteiger partial charge in [0.1, 0.15) is 0 Å². The molecule has 7 heteroatoms. The first kappa shape index (κ1) is 19.7. The van der Waals surface area contributed by atoms with Crippen LogP contribution < -0.4 is 10.6 Å². The van der Waals surface area contributed by atoms with Crippen molar-refractivity contribution in [2.24, 2.45) is 4.99 Å². The minimum Gasteiger partial charge on any atom is -0.361 e. The molecule has 1 aliphatic rings. The number of nitrogens with zero attached hydrogens (tertiary/aromatic N) is 1. The van der Waals surface area contributed by atoms with Gasteiger partial charge in [-0.05, 0) is 48.8 Å². The Hall–Kier alpha value is -0.600. The second-order valence-corrected chi connectivity index (χ2v) is 7.40. The molecule has 132 valence electrons. The van der Waals surface area contributed by atoms with Gasteiger partial charge in [-0.15, -0.1) is 24.0 Å². The lowest BCUT2D eigenvalue weighted by Gasteiger charge is -2.24. The molecular weight excluding hydrogens is 455 g/mol. The first-order chi connectivity index (χ1) is 11.3. The molecule has 3 rings (SSSR count). The van der Waals surface area contributed by atoms with Crippen molar-refractivity contribution in [2.75, 3.05) is 25.1 Å². The van der Waals surface area contributed by atoms with Gasteiger partial charge in [-0.3, -0.25) is 4.99 Å². The number of benzene rings is 1. The van der Waals surface area contributed by atoms with Gasteiger partial charge >= 0.3 is 0 Å². The molecule has 0 radical (unpaired) electrons. The van der Waals surface area contributed by atoms with E-state index in [0.717, 1.165) is 29.5 Å². The van der Waals surface area contributed by atoms with Gasteiger partial charge in [-0.2, -0.15) is 11.8 Å². The zero-order chi connectivity index (χ0) is 16.1. The van der Waals surface area contributed by atoms with Crippen molar-refractivity contribution in [3.05, 3.63) is 35.0 Å². The summed E-state index contributed by atoms with van der Waals surface area (Å²) in [6.45, 7) is 0.846. The summed E-state index contributed by atoms with van der Waals surface area (Å²) in [6.07, 6.45) is 5.52. The molecule has 1 aliphatic heterocycles. The quantitative estimate of drug-likeness (QED) is 0.353. The van der Waals surface area contributed by atoms with Gasteiger partial charge in [0.25, 0.3) is 0 Å². The molecule has 4 nitrogen and oxygen atoms in total. The summed E-state index contributed by atoms with van der Waals surface area (Å²) >= 11 is 8.12. The molecule has 2 aromatic rings. The lowest BCUT2D eigenvalue weighted by Crippen LogP contribution is -2.46. The van der Waals surface area contributed by atoms with E-state index in [-0.39, 0.29) is 24.0 Å². The molecule has 3 N–H and O–H groups in total. The van der Waals surface area contributed by atoms with Gasteiger partial charge in [0, 0.05) is 47.5 Å². The second-order valence-electron chi connectivity index (χ2n) is 5.81. The van der Waals surface area contributed by atoms with E-state index in [9.17, 15) is 0 Å². The van der Waals surface area contributed by atoms with Crippen molar-refractivity contribution in [1.82, 2.24) is 15.6 Å². The van der Waals surface area contributed by atoms with Crippen LogP contribution in [0.5, 0.6) is 0 Å². The monoisotopic (exact) mass is 478 g/mol. The highest BCUT2D eigenvalue weighted by Gasteiger charge is 2.14. The van der Waals surface area contributed by atoms with E-state index in [1.807, 2.05) is 37.0 Å². The first-order valence-electron chi connectivity index (χ1n) is 8.06. The van der Waals surface area contributed by atoms with Gasteiger partial charge in [0.15, 0.2) is 5.96 Å². The maximum atomic E-state index is 6.10. The summed E-state index contributed by atoms with van der Waals surface area (Å²) in [4.78, 5) is 7.63. The molecule has 1 aromatic carbocycles. The van der Waals surface area contributed by atoms with Crippen LogP contribution in [-0.2, 0) is 6.42 Å². The van der Waals surface area contributed by atoms with Crippen LogP contribution in [0.1, 0.15) is 18.4 Å². The number of aliphatic imine (C=N–C) groups is 1. The third kappa shape index (κ3) is 5.20. The predicted molar refractivity (Wildman–Crippen MR) is 117 cm³/mol. The summed E-state index contributed by atoms with van der Waals surface area (Å²) < 4.78 is 0. The molecule has 24 heavy (non-hydrogen) atoms. The summed E-state index contributed by atoms with van der Waals surface area (Å²) in [5.41, 5.74) is 2.41. The number of rotatable bonds is 4.